The minimum absolute atomic E-state index is 0.0705. The van der Waals surface area contributed by atoms with Crippen molar-refractivity contribution in [2.24, 2.45) is 0 Å². The summed E-state index contributed by atoms with van der Waals surface area (Å²) >= 11 is 2.76. The van der Waals surface area contributed by atoms with Crippen molar-refractivity contribution < 1.29 is 9.34 Å². The van der Waals surface area contributed by atoms with Crippen LogP contribution in [0.2, 0.25) is 0 Å². The second-order valence-electron chi connectivity index (χ2n) is 6.87. The molecule has 5 rings (SSSR count). The predicted molar refractivity (Wildman–Crippen MR) is 117 cm³/mol. The van der Waals surface area contributed by atoms with E-state index in [1.54, 1.807) is 16.1 Å². The Morgan fingerprint density at radius 1 is 1.23 bits per heavy atom. The molecule has 0 bridgehead atoms. The normalized spacial score (nSPS) is 14.0. The molecule has 4 aromatic rings. The van der Waals surface area contributed by atoms with E-state index < -0.39 is 4.92 Å². The van der Waals surface area contributed by atoms with Crippen molar-refractivity contribution in [3.8, 4) is 5.69 Å². The average molecular weight is 438 g/mol. The van der Waals surface area contributed by atoms with Crippen molar-refractivity contribution in [1.82, 2.24) is 9.55 Å². The number of nitrogens with zero attached hydrogens (tertiary/aromatic N) is 3. The Bertz CT molecular complexity index is 1330. The Balaban J connectivity index is 1.57. The van der Waals surface area contributed by atoms with E-state index in [1.807, 2.05) is 30.3 Å². The Morgan fingerprint density at radius 2 is 2.03 bits per heavy atom. The first-order valence-corrected chi connectivity index (χ1v) is 11.0. The molecule has 1 fully saturated rings. The van der Waals surface area contributed by atoms with Gasteiger partial charge in [0, 0.05) is 0 Å². The van der Waals surface area contributed by atoms with Crippen LogP contribution in [-0.2, 0) is 0 Å². The number of para-hydroxylation sites is 1. The minimum atomic E-state index is -0.582. The minimum Gasteiger partial charge on any atom is -0.401 e. The highest BCUT2D eigenvalue weighted by atomic mass is 32.2. The van der Waals surface area contributed by atoms with Gasteiger partial charge in [-0.05, 0) is 59.4 Å². The SMILES string of the molecule is O=c1c2c(C3CC3)csc2nc(S/C=C/c2ccc([N+](=O)[O-])o2)n1-c1ccccc1. The Kier molecular flexibility index (Phi) is 4.76. The van der Waals surface area contributed by atoms with Crippen LogP contribution in [-0.4, -0.2) is 14.5 Å². The van der Waals surface area contributed by atoms with Crippen LogP contribution in [0.5, 0.6) is 0 Å². The number of furan rings is 1. The second-order valence-corrected chi connectivity index (χ2v) is 8.60. The molecule has 1 aliphatic rings. The molecule has 0 radical (unpaired) electrons. The summed E-state index contributed by atoms with van der Waals surface area (Å²) in [6.07, 6.45) is 3.85. The van der Waals surface area contributed by atoms with E-state index in [1.165, 1.54) is 35.2 Å². The van der Waals surface area contributed by atoms with Crippen molar-refractivity contribution in [2.45, 2.75) is 23.9 Å². The number of benzene rings is 1. The third kappa shape index (κ3) is 3.46. The van der Waals surface area contributed by atoms with Crippen molar-refractivity contribution in [3.05, 3.63) is 85.0 Å². The summed E-state index contributed by atoms with van der Waals surface area (Å²) in [5, 5.41) is 15.8. The zero-order chi connectivity index (χ0) is 20.7. The van der Waals surface area contributed by atoms with Gasteiger partial charge >= 0.3 is 5.88 Å². The van der Waals surface area contributed by atoms with Crippen LogP contribution in [0.1, 0.15) is 30.1 Å². The molecule has 0 unspecified atom stereocenters. The third-order valence-electron chi connectivity index (χ3n) is 4.84. The van der Waals surface area contributed by atoms with Crippen LogP contribution >= 0.6 is 23.1 Å². The third-order valence-corrected chi connectivity index (χ3v) is 6.48. The molecule has 1 aromatic carbocycles. The Morgan fingerprint density at radius 3 is 2.73 bits per heavy atom. The van der Waals surface area contributed by atoms with Gasteiger partial charge in [-0.2, -0.15) is 0 Å². The van der Waals surface area contributed by atoms with E-state index in [2.05, 4.69) is 5.38 Å². The summed E-state index contributed by atoms with van der Waals surface area (Å²) < 4.78 is 6.77. The molecule has 3 aromatic heterocycles. The summed E-state index contributed by atoms with van der Waals surface area (Å²) in [7, 11) is 0. The molecular weight excluding hydrogens is 422 g/mol. The topological polar surface area (TPSA) is 91.2 Å². The molecule has 0 spiro atoms. The molecule has 0 amide bonds. The number of fused-ring (bicyclic) bond motifs is 1. The van der Waals surface area contributed by atoms with Crippen LogP contribution in [0, 0.1) is 10.1 Å². The first-order valence-electron chi connectivity index (χ1n) is 9.29. The highest BCUT2D eigenvalue weighted by molar-refractivity contribution is 8.02. The van der Waals surface area contributed by atoms with Crippen molar-refractivity contribution in [3.63, 3.8) is 0 Å². The fourth-order valence-electron chi connectivity index (χ4n) is 3.26. The number of thioether (sulfide) groups is 1. The van der Waals surface area contributed by atoms with Crippen molar-refractivity contribution >= 4 is 45.3 Å². The maximum atomic E-state index is 13.5. The quantitative estimate of drug-likeness (QED) is 0.169. The Hall–Kier alpha value is -3.17. The number of thiophene rings is 1. The summed E-state index contributed by atoms with van der Waals surface area (Å²) in [5.74, 6) is 0.508. The van der Waals surface area contributed by atoms with Gasteiger partial charge in [-0.25, -0.2) is 4.98 Å². The van der Waals surface area contributed by atoms with E-state index >= 15 is 0 Å². The van der Waals surface area contributed by atoms with Crippen molar-refractivity contribution in [1.29, 1.82) is 0 Å². The molecule has 0 N–H and O–H groups in total. The van der Waals surface area contributed by atoms with Crippen LogP contribution in [0.4, 0.5) is 5.88 Å². The molecular formula is C21H15N3O4S2. The van der Waals surface area contributed by atoms with Gasteiger partial charge in [0.2, 0.25) is 0 Å². The lowest BCUT2D eigenvalue weighted by Gasteiger charge is -2.11. The largest absolute Gasteiger partial charge is 0.433 e. The second kappa shape index (κ2) is 7.58. The van der Waals surface area contributed by atoms with Gasteiger partial charge in [0.05, 0.1) is 17.1 Å². The van der Waals surface area contributed by atoms with E-state index in [4.69, 9.17) is 9.40 Å². The van der Waals surface area contributed by atoms with Gasteiger partial charge < -0.3 is 4.42 Å². The lowest BCUT2D eigenvalue weighted by molar-refractivity contribution is -0.402. The maximum Gasteiger partial charge on any atom is 0.433 e. The first-order chi connectivity index (χ1) is 14.6. The monoisotopic (exact) mass is 437 g/mol. The smallest absolute Gasteiger partial charge is 0.401 e. The molecule has 30 heavy (non-hydrogen) atoms. The lowest BCUT2D eigenvalue weighted by atomic mass is 10.1. The number of nitro groups is 1. The molecule has 7 nitrogen and oxygen atoms in total. The van der Waals surface area contributed by atoms with Gasteiger partial charge in [-0.15, -0.1) is 11.3 Å². The standard InChI is InChI=1S/C21H15N3O4S2/c25-20-18-16(13-6-7-13)12-30-19(18)22-21(23(20)14-4-2-1-3-5-14)29-11-10-15-8-9-17(28-15)24(26)27/h1-5,8-13H,6-7H2/b11-10+. The van der Waals surface area contributed by atoms with Crippen LogP contribution in [0.3, 0.4) is 0 Å². The maximum absolute atomic E-state index is 13.5. The molecule has 1 saturated carbocycles. The number of rotatable bonds is 6. The zero-order valence-corrected chi connectivity index (χ0v) is 17.2. The van der Waals surface area contributed by atoms with E-state index in [-0.39, 0.29) is 11.4 Å². The van der Waals surface area contributed by atoms with E-state index in [0.29, 0.717) is 22.2 Å². The van der Waals surface area contributed by atoms with Gasteiger partial charge in [-0.1, -0.05) is 30.0 Å². The fraction of sp³-hybridized carbons (Fsp3) is 0.143. The van der Waals surface area contributed by atoms with Gasteiger partial charge in [-0.3, -0.25) is 19.5 Å². The first kappa shape index (κ1) is 18.8. The number of hydrogen-bond acceptors (Lipinski definition) is 7. The highest BCUT2D eigenvalue weighted by Gasteiger charge is 2.29. The zero-order valence-electron chi connectivity index (χ0n) is 15.6. The molecule has 1 aliphatic carbocycles. The van der Waals surface area contributed by atoms with Gasteiger partial charge in [0.15, 0.2) is 5.16 Å². The van der Waals surface area contributed by atoms with Crippen LogP contribution in [0.15, 0.2) is 67.6 Å². The molecule has 0 saturated heterocycles. The van der Waals surface area contributed by atoms with Crippen molar-refractivity contribution in [2.75, 3.05) is 0 Å². The number of aromatic nitrogens is 2. The summed E-state index contributed by atoms with van der Waals surface area (Å²) in [6.45, 7) is 0. The molecule has 9 heteroatoms. The summed E-state index contributed by atoms with van der Waals surface area (Å²) in [5.41, 5.74) is 1.78. The molecule has 150 valence electrons. The van der Waals surface area contributed by atoms with Gasteiger partial charge in [0.1, 0.15) is 15.5 Å². The summed E-state index contributed by atoms with van der Waals surface area (Å²) in [6, 6.07) is 12.2. The molecule has 3 heterocycles. The average Bonchev–Trinajstić information content (AvgIpc) is 3.31. The number of hydrogen-bond donors (Lipinski definition) is 0. The van der Waals surface area contributed by atoms with E-state index in [9.17, 15) is 14.9 Å². The lowest BCUT2D eigenvalue weighted by Crippen LogP contribution is -2.21. The Labute approximate surface area is 178 Å². The fourth-order valence-corrected chi connectivity index (χ4v) is 5.09. The highest BCUT2D eigenvalue weighted by Crippen LogP contribution is 2.44. The molecule has 0 aliphatic heterocycles. The van der Waals surface area contributed by atoms with Crippen LogP contribution in [0.25, 0.3) is 22.0 Å². The van der Waals surface area contributed by atoms with Crippen LogP contribution < -0.4 is 5.56 Å². The molecule has 0 atom stereocenters. The van der Waals surface area contributed by atoms with Gasteiger partial charge in [0.25, 0.3) is 5.56 Å². The van der Waals surface area contributed by atoms with E-state index in [0.717, 1.165) is 28.9 Å². The summed E-state index contributed by atoms with van der Waals surface area (Å²) in [4.78, 5) is 29.2. The predicted octanol–water partition coefficient (Wildman–Crippen LogP) is 5.59.